The Morgan fingerprint density at radius 2 is 2.21 bits per heavy atom. The monoisotopic (exact) mass is 315 g/mol. The molecule has 0 atom stereocenters. The molecule has 0 saturated carbocycles. The number of carbonyl (C=O) groups is 1. The number of carbonyl (C=O) groups excluding carboxylic acids is 1. The lowest BCUT2D eigenvalue weighted by Gasteiger charge is -2.17. The van der Waals surface area contributed by atoms with Gasteiger partial charge in [-0.05, 0) is 25.0 Å². The Balaban J connectivity index is 1.75. The first-order valence-corrected chi connectivity index (χ1v) is 7.75. The van der Waals surface area contributed by atoms with Gasteiger partial charge in [-0.25, -0.2) is 4.98 Å². The maximum atomic E-state index is 11.7. The minimum atomic E-state index is -0.110. The van der Waals surface area contributed by atoms with E-state index in [0.29, 0.717) is 16.6 Å². The minimum absolute atomic E-state index is 0.110. The van der Waals surface area contributed by atoms with Gasteiger partial charge in [0.1, 0.15) is 10.1 Å². The van der Waals surface area contributed by atoms with Gasteiger partial charge in [-0.3, -0.25) is 4.79 Å². The van der Waals surface area contributed by atoms with Gasteiger partial charge in [0.2, 0.25) is 5.91 Å². The highest BCUT2D eigenvalue weighted by atomic mass is 35.5. The molecule has 1 aliphatic heterocycles. The molecule has 0 aromatic carbocycles. The van der Waals surface area contributed by atoms with E-state index in [1.54, 1.807) is 12.1 Å². The zero-order valence-electron chi connectivity index (χ0n) is 10.3. The van der Waals surface area contributed by atoms with Crippen molar-refractivity contribution in [3.05, 3.63) is 23.4 Å². The molecule has 1 fully saturated rings. The number of rotatable bonds is 3. The van der Waals surface area contributed by atoms with Gasteiger partial charge >= 0.3 is 0 Å². The van der Waals surface area contributed by atoms with Crippen LogP contribution in [0, 0.1) is 0 Å². The maximum absolute atomic E-state index is 11.7. The molecule has 2 rings (SSSR count). The molecule has 4 nitrogen and oxygen atoms in total. The number of pyridine rings is 1. The van der Waals surface area contributed by atoms with Gasteiger partial charge in [0.25, 0.3) is 0 Å². The molecule has 1 N–H and O–H groups in total. The van der Waals surface area contributed by atoms with E-state index in [0.717, 1.165) is 17.4 Å². The molecule has 0 aliphatic carbocycles. The molecular weight excluding hydrogens is 302 g/mol. The fraction of sp³-hybridized carbons (Fsp3) is 0.417. The van der Waals surface area contributed by atoms with Crippen molar-refractivity contribution >= 4 is 51.6 Å². The number of hydrogen-bond acceptors (Lipinski definition) is 4. The number of anilines is 1. The standard InChI is InChI=1S/C12H14ClN3OS2/c13-9-3-4-10(14-7-9)15-11(17)8-19-12(18)16-5-1-2-6-16/h3-4,7H,1-2,5-6,8H2,(H,14,15,17). The Kier molecular flexibility index (Phi) is 5.42. The normalized spacial score (nSPS) is 14.5. The molecular formula is C12H14ClN3OS2. The minimum Gasteiger partial charge on any atom is -0.358 e. The molecule has 7 heteroatoms. The zero-order chi connectivity index (χ0) is 13.7. The van der Waals surface area contributed by atoms with Gasteiger partial charge < -0.3 is 10.2 Å². The molecule has 2 heterocycles. The second kappa shape index (κ2) is 7.07. The van der Waals surface area contributed by atoms with Crippen LogP contribution in [-0.2, 0) is 4.79 Å². The van der Waals surface area contributed by atoms with Crippen LogP contribution in [0.2, 0.25) is 5.02 Å². The van der Waals surface area contributed by atoms with Crippen molar-refractivity contribution in [1.82, 2.24) is 9.88 Å². The molecule has 0 bridgehead atoms. The second-order valence-corrected chi connectivity index (χ2v) is 6.20. The summed E-state index contributed by atoms with van der Waals surface area (Å²) in [5.74, 6) is 0.697. The van der Waals surface area contributed by atoms with Crippen LogP contribution in [0.1, 0.15) is 12.8 Å². The summed E-state index contributed by atoms with van der Waals surface area (Å²) >= 11 is 12.4. The number of likely N-dealkylation sites (tertiary alicyclic amines) is 1. The Morgan fingerprint density at radius 1 is 1.47 bits per heavy atom. The fourth-order valence-electron chi connectivity index (χ4n) is 1.75. The van der Waals surface area contributed by atoms with Crippen molar-refractivity contribution in [2.45, 2.75) is 12.8 Å². The molecule has 0 spiro atoms. The van der Waals surface area contributed by atoms with Gasteiger partial charge in [-0.15, -0.1) is 0 Å². The molecule has 1 saturated heterocycles. The summed E-state index contributed by atoms with van der Waals surface area (Å²) in [6.07, 6.45) is 3.86. The summed E-state index contributed by atoms with van der Waals surface area (Å²) in [6, 6.07) is 3.36. The lowest BCUT2D eigenvalue weighted by molar-refractivity contribution is -0.113. The molecule has 19 heavy (non-hydrogen) atoms. The van der Waals surface area contributed by atoms with Gasteiger partial charge in [-0.1, -0.05) is 35.6 Å². The fourth-order valence-corrected chi connectivity index (χ4v) is 2.91. The summed E-state index contributed by atoms with van der Waals surface area (Å²) in [5, 5.41) is 3.25. The number of hydrogen-bond donors (Lipinski definition) is 1. The van der Waals surface area contributed by atoms with E-state index in [4.69, 9.17) is 23.8 Å². The molecule has 1 aromatic heterocycles. The number of thioether (sulfide) groups is 1. The SMILES string of the molecule is O=C(CSC(=S)N1CCCC1)Nc1ccc(Cl)cn1. The van der Waals surface area contributed by atoms with E-state index >= 15 is 0 Å². The van der Waals surface area contributed by atoms with E-state index in [-0.39, 0.29) is 5.91 Å². The van der Waals surface area contributed by atoms with Gasteiger partial charge in [0, 0.05) is 19.3 Å². The van der Waals surface area contributed by atoms with E-state index in [2.05, 4.69) is 15.2 Å². The highest BCUT2D eigenvalue weighted by Crippen LogP contribution is 2.16. The van der Waals surface area contributed by atoms with Crippen molar-refractivity contribution < 1.29 is 4.79 Å². The zero-order valence-corrected chi connectivity index (χ0v) is 12.7. The van der Waals surface area contributed by atoms with E-state index < -0.39 is 0 Å². The van der Waals surface area contributed by atoms with Crippen LogP contribution in [0.4, 0.5) is 5.82 Å². The Morgan fingerprint density at radius 3 is 2.84 bits per heavy atom. The first kappa shape index (κ1) is 14.6. The van der Waals surface area contributed by atoms with Crippen LogP contribution in [0.5, 0.6) is 0 Å². The largest absolute Gasteiger partial charge is 0.358 e. The van der Waals surface area contributed by atoms with Crippen molar-refractivity contribution in [3.8, 4) is 0 Å². The Hall–Kier alpha value is -0.850. The van der Waals surface area contributed by atoms with Crippen LogP contribution >= 0.6 is 35.6 Å². The molecule has 1 aliphatic rings. The van der Waals surface area contributed by atoms with Crippen LogP contribution in [0.15, 0.2) is 18.3 Å². The Labute approximate surface area is 126 Å². The lowest BCUT2D eigenvalue weighted by atomic mass is 10.4. The summed E-state index contributed by atoms with van der Waals surface area (Å²) in [5.41, 5.74) is 0. The number of aromatic nitrogens is 1. The quantitative estimate of drug-likeness (QED) is 0.869. The number of nitrogens with one attached hydrogen (secondary N) is 1. The van der Waals surface area contributed by atoms with Crippen LogP contribution in [-0.4, -0.2) is 39.0 Å². The summed E-state index contributed by atoms with van der Waals surface area (Å²) in [4.78, 5) is 17.9. The van der Waals surface area contributed by atoms with Crippen molar-refractivity contribution in [3.63, 3.8) is 0 Å². The number of nitrogens with zero attached hydrogens (tertiary/aromatic N) is 2. The van der Waals surface area contributed by atoms with E-state index in [1.165, 1.54) is 30.8 Å². The molecule has 0 radical (unpaired) electrons. The average molecular weight is 316 g/mol. The third-order valence-electron chi connectivity index (χ3n) is 2.69. The number of halogens is 1. The first-order chi connectivity index (χ1) is 9.15. The first-order valence-electron chi connectivity index (χ1n) is 5.98. The van der Waals surface area contributed by atoms with Crippen LogP contribution in [0.3, 0.4) is 0 Å². The van der Waals surface area contributed by atoms with Crippen molar-refractivity contribution in [2.75, 3.05) is 24.2 Å². The highest BCUT2D eigenvalue weighted by molar-refractivity contribution is 8.23. The molecule has 1 amide bonds. The number of amides is 1. The maximum Gasteiger partial charge on any atom is 0.235 e. The molecule has 102 valence electrons. The molecule has 1 aromatic rings. The topological polar surface area (TPSA) is 45.2 Å². The van der Waals surface area contributed by atoms with Crippen molar-refractivity contribution in [1.29, 1.82) is 0 Å². The second-order valence-electron chi connectivity index (χ2n) is 4.16. The predicted molar refractivity (Wildman–Crippen MR) is 83.7 cm³/mol. The van der Waals surface area contributed by atoms with Gasteiger partial charge in [0.15, 0.2) is 0 Å². The summed E-state index contributed by atoms with van der Waals surface area (Å²) < 4.78 is 0.803. The smallest absolute Gasteiger partial charge is 0.235 e. The summed E-state index contributed by atoms with van der Waals surface area (Å²) in [7, 11) is 0. The molecule has 0 unspecified atom stereocenters. The third kappa shape index (κ3) is 4.63. The van der Waals surface area contributed by atoms with E-state index in [9.17, 15) is 4.79 Å². The predicted octanol–water partition coefficient (Wildman–Crippen LogP) is 2.79. The summed E-state index contributed by atoms with van der Waals surface area (Å²) in [6.45, 7) is 2.01. The van der Waals surface area contributed by atoms with Crippen LogP contribution in [0.25, 0.3) is 0 Å². The van der Waals surface area contributed by atoms with E-state index in [1.807, 2.05) is 0 Å². The Bertz CT molecular complexity index is 461. The van der Waals surface area contributed by atoms with Gasteiger partial charge in [-0.2, -0.15) is 0 Å². The lowest BCUT2D eigenvalue weighted by Crippen LogP contribution is -2.25. The number of thiocarbonyl (C=S) groups is 1. The highest BCUT2D eigenvalue weighted by Gasteiger charge is 2.16. The van der Waals surface area contributed by atoms with Crippen molar-refractivity contribution in [2.24, 2.45) is 0 Å². The van der Waals surface area contributed by atoms with Crippen LogP contribution < -0.4 is 5.32 Å². The third-order valence-corrected chi connectivity index (χ3v) is 4.43. The van der Waals surface area contributed by atoms with Gasteiger partial charge in [0.05, 0.1) is 10.8 Å². The average Bonchev–Trinajstić information content (AvgIpc) is 2.93.